The van der Waals surface area contributed by atoms with Crippen LogP contribution in [0, 0.1) is 0 Å². The van der Waals surface area contributed by atoms with E-state index in [1.165, 1.54) is 191 Å². The van der Waals surface area contributed by atoms with E-state index < -0.39 is 0 Å². The first-order valence-electron chi connectivity index (χ1n) is 25.9. The number of rotatable bonds is 33. The molecule has 4 aromatic carbocycles. The second kappa shape index (κ2) is 29.9. The standard InChI is InChI=1S/C60H90O/c1-7-10-13-16-19-22-25-34-51-37-28-31-40-54(51)45-48(4)57-43-44-58(61)60(50(6)47-56-42-33-30-39-53(56)36-27-24-21-18-15-12-9-3)59(57)49(5)46-55-41-32-29-38-52(55)35-26-23-20-17-14-11-8-2/h28-33,37-44,48-50,61H,7-27,34-36,45-47H2,1-6H3. The van der Waals surface area contributed by atoms with E-state index in [2.05, 4.69) is 120 Å². The average Bonchev–Trinajstić information content (AvgIpc) is 3.26. The molecule has 1 nitrogen and oxygen atoms in total. The summed E-state index contributed by atoms with van der Waals surface area (Å²) in [5.41, 5.74) is 13.0. The summed E-state index contributed by atoms with van der Waals surface area (Å²) in [4.78, 5) is 0. The molecule has 0 aliphatic carbocycles. The zero-order chi connectivity index (χ0) is 43.5. The van der Waals surface area contributed by atoms with E-state index in [0.29, 0.717) is 11.7 Å². The minimum Gasteiger partial charge on any atom is -0.508 e. The highest BCUT2D eigenvalue weighted by Crippen LogP contribution is 2.42. The van der Waals surface area contributed by atoms with Crippen LogP contribution in [0.2, 0.25) is 0 Å². The van der Waals surface area contributed by atoms with E-state index in [1.807, 2.05) is 6.07 Å². The lowest BCUT2D eigenvalue weighted by Gasteiger charge is -2.29. The van der Waals surface area contributed by atoms with Gasteiger partial charge in [0, 0.05) is 5.56 Å². The Balaban J connectivity index is 1.60. The van der Waals surface area contributed by atoms with Crippen LogP contribution in [0.5, 0.6) is 5.75 Å². The van der Waals surface area contributed by atoms with Crippen LogP contribution in [-0.2, 0) is 38.5 Å². The maximum atomic E-state index is 12.0. The Morgan fingerprint density at radius 1 is 0.328 bits per heavy atom. The SMILES string of the molecule is CCCCCCCCCc1ccccc1CC(C)c1ccc(O)c(C(C)Cc2ccccc2CCCCCCCCC)c1C(C)Cc1ccccc1CCCCCCCCC. The summed E-state index contributed by atoms with van der Waals surface area (Å²) in [6, 6.07) is 32.1. The maximum absolute atomic E-state index is 12.0. The second-order valence-electron chi connectivity index (χ2n) is 19.2. The van der Waals surface area contributed by atoms with Gasteiger partial charge < -0.3 is 5.11 Å². The number of phenolic OH excluding ortho intramolecular Hbond substituents is 1. The highest BCUT2D eigenvalue weighted by atomic mass is 16.3. The lowest BCUT2D eigenvalue weighted by molar-refractivity contribution is 0.458. The molecule has 0 bridgehead atoms. The summed E-state index contributed by atoms with van der Waals surface area (Å²) in [5.74, 6) is 1.30. The summed E-state index contributed by atoms with van der Waals surface area (Å²) in [5, 5.41) is 12.0. The summed E-state index contributed by atoms with van der Waals surface area (Å²) in [6.07, 6.45) is 34.6. The third-order valence-electron chi connectivity index (χ3n) is 13.9. The summed E-state index contributed by atoms with van der Waals surface area (Å²) < 4.78 is 0. The molecule has 1 heteroatoms. The van der Waals surface area contributed by atoms with Crippen molar-refractivity contribution in [2.45, 2.75) is 233 Å². The normalized spacial score (nSPS) is 13.1. The molecule has 3 unspecified atom stereocenters. The molecule has 0 aromatic heterocycles. The van der Waals surface area contributed by atoms with Crippen molar-refractivity contribution in [1.29, 1.82) is 0 Å². The molecular weight excluding hydrogens is 737 g/mol. The highest BCUT2D eigenvalue weighted by molar-refractivity contribution is 5.51. The number of phenols is 1. The fraction of sp³-hybridized carbons (Fsp3) is 0.600. The first kappa shape index (κ1) is 50.3. The molecule has 1 N–H and O–H groups in total. The van der Waals surface area contributed by atoms with Gasteiger partial charge in [0.2, 0.25) is 0 Å². The van der Waals surface area contributed by atoms with Crippen molar-refractivity contribution in [2.75, 3.05) is 0 Å². The largest absolute Gasteiger partial charge is 0.508 e. The minimum atomic E-state index is 0.201. The molecule has 3 atom stereocenters. The molecule has 0 amide bonds. The summed E-state index contributed by atoms with van der Waals surface area (Å²) in [6.45, 7) is 14.2. The molecule has 0 aliphatic heterocycles. The molecule has 0 spiro atoms. The van der Waals surface area contributed by atoms with Crippen molar-refractivity contribution >= 4 is 0 Å². The quantitative estimate of drug-likeness (QED) is 0.0475. The van der Waals surface area contributed by atoms with Gasteiger partial charge in [0.1, 0.15) is 5.75 Å². The Hall–Kier alpha value is -3.32. The number of unbranched alkanes of at least 4 members (excludes halogenated alkanes) is 18. The number of hydrogen-bond donors (Lipinski definition) is 1. The predicted octanol–water partition coefficient (Wildman–Crippen LogP) is 18.3. The molecule has 4 rings (SSSR count). The van der Waals surface area contributed by atoms with Crippen molar-refractivity contribution in [1.82, 2.24) is 0 Å². The Labute approximate surface area is 377 Å². The van der Waals surface area contributed by atoms with Gasteiger partial charge in [0.05, 0.1) is 0 Å². The molecule has 336 valence electrons. The Kier molecular flexibility index (Phi) is 24.7. The Morgan fingerprint density at radius 2 is 0.623 bits per heavy atom. The molecular formula is C60H90O. The van der Waals surface area contributed by atoms with Crippen LogP contribution in [-0.4, -0.2) is 5.11 Å². The van der Waals surface area contributed by atoms with Crippen molar-refractivity contribution < 1.29 is 5.11 Å². The van der Waals surface area contributed by atoms with Gasteiger partial charge in [0.25, 0.3) is 0 Å². The van der Waals surface area contributed by atoms with Gasteiger partial charge in [-0.25, -0.2) is 0 Å². The predicted molar refractivity (Wildman–Crippen MR) is 269 cm³/mol. The van der Waals surface area contributed by atoms with Crippen molar-refractivity contribution in [3.63, 3.8) is 0 Å². The Bertz CT molecular complexity index is 1750. The van der Waals surface area contributed by atoms with E-state index in [4.69, 9.17) is 0 Å². The molecule has 61 heavy (non-hydrogen) atoms. The first-order valence-corrected chi connectivity index (χ1v) is 25.9. The van der Waals surface area contributed by atoms with Crippen molar-refractivity contribution in [3.05, 3.63) is 135 Å². The monoisotopic (exact) mass is 827 g/mol. The van der Waals surface area contributed by atoms with Gasteiger partial charge in [-0.3, -0.25) is 0 Å². The molecule has 0 saturated heterocycles. The zero-order valence-corrected chi connectivity index (χ0v) is 40.4. The van der Waals surface area contributed by atoms with Crippen LogP contribution in [0.1, 0.15) is 244 Å². The van der Waals surface area contributed by atoms with E-state index in [1.54, 1.807) is 0 Å². The average molecular weight is 827 g/mol. The number of aromatic hydroxyl groups is 1. The van der Waals surface area contributed by atoms with Crippen molar-refractivity contribution in [3.8, 4) is 5.75 Å². The fourth-order valence-corrected chi connectivity index (χ4v) is 10.3. The molecule has 0 heterocycles. The van der Waals surface area contributed by atoms with E-state index in [9.17, 15) is 5.11 Å². The van der Waals surface area contributed by atoms with E-state index >= 15 is 0 Å². The summed E-state index contributed by atoms with van der Waals surface area (Å²) >= 11 is 0. The van der Waals surface area contributed by atoms with Gasteiger partial charge in [-0.15, -0.1) is 0 Å². The van der Waals surface area contributed by atoms with Crippen molar-refractivity contribution in [2.24, 2.45) is 0 Å². The van der Waals surface area contributed by atoms with Crippen LogP contribution >= 0.6 is 0 Å². The number of aryl methyl sites for hydroxylation is 3. The first-order chi connectivity index (χ1) is 29.9. The minimum absolute atomic E-state index is 0.201. The molecule has 0 fully saturated rings. The molecule has 4 aromatic rings. The van der Waals surface area contributed by atoms with E-state index in [0.717, 1.165) is 32.1 Å². The van der Waals surface area contributed by atoms with Crippen LogP contribution < -0.4 is 0 Å². The topological polar surface area (TPSA) is 20.2 Å². The van der Waals surface area contributed by atoms with Gasteiger partial charge in [-0.1, -0.05) is 236 Å². The van der Waals surface area contributed by atoms with Crippen LogP contribution in [0.15, 0.2) is 84.9 Å². The maximum Gasteiger partial charge on any atom is 0.119 e. The second-order valence-corrected chi connectivity index (χ2v) is 19.2. The Morgan fingerprint density at radius 3 is 0.984 bits per heavy atom. The summed E-state index contributed by atoms with van der Waals surface area (Å²) in [7, 11) is 0. The number of hydrogen-bond acceptors (Lipinski definition) is 1. The molecule has 0 saturated carbocycles. The van der Waals surface area contributed by atoms with Crippen LogP contribution in [0.4, 0.5) is 0 Å². The highest BCUT2D eigenvalue weighted by Gasteiger charge is 2.27. The third kappa shape index (κ3) is 17.8. The lowest BCUT2D eigenvalue weighted by Crippen LogP contribution is -2.14. The van der Waals surface area contributed by atoms with E-state index in [-0.39, 0.29) is 11.8 Å². The van der Waals surface area contributed by atoms with Gasteiger partial charge in [-0.2, -0.15) is 0 Å². The lowest BCUT2D eigenvalue weighted by atomic mass is 9.76. The number of benzene rings is 4. The van der Waals surface area contributed by atoms with Crippen LogP contribution in [0.3, 0.4) is 0 Å². The molecule has 0 aliphatic rings. The van der Waals surface area contributed by atoms with Gasteiger partial charge in [0.15, 0.2) is 0 Å². The molecule has 0 radical (unpaired) electrons. The van der Waals surface area contributed by atoms with Gasteiger partial charge in [-0.05, 0) is 126 Å². The fourth-order valence-electron chi connectivity index (χ4n) is 10.3. The zero-order valence-electron chi connectivity index (χ0n) is 40.4. The van der Waals surface area contributed by atoms with Crippen LogP contribution in [0.25, 0.3) is 0 Å². The third-order valence-corrected chi connectivity index (χ3v) is 13.9. The van der Waals surface area contributed by atoms with Gasteiger partial charge >= 0.3 is 0 Å². The smallest absolute Gasteiger partial charge is 0.119 e.